The number of aromatic nitrogens is 2. The van der Waals surface area contributed by atoms with Crippen LogP contribution in [0.1, 0.15) is 5.56 Å². The number of rotatable bonds is 3. The average Bonchev–Trinajstić information content (AvgIpc) is 3.09. The van der Waals surface area contributed by atoms with Gasteiger partial charge in [0.1, 0.15) is 0 Å². The van der Waals surface area contributed by atoms with Gasteiger partial charge in [0.2, 0.25) is 9.84 Å². The number of hydrogen-bond acceptors (Lipinski definition) is 3. The lowest BCUT2D eigenvalue weighted by Crippen LogP contribution is -2.06. The summed E-state index contributed by atoms with van der Waals surface area (Å²) in [6, 6.07) is 26.7. The molecule has 0 fully saturated rings. The van der Waals surface area contributed by atoms with Crippen LogP contribution < -0.4 is 0 Å². The van der Waals surface area contributed by atoms with E-state index in [0.717, 1.165) is 22.3 Å². The second-order valence-electron chi connectivity index (χ2n) is 6.99. The minimum atomic E-state index is -3.65. The molecule has 2 aromatic heterocycles. The van der Waals surface area contributed by atoms with Crippen LogP contribution in [-0.4, -0.2) is 18.0 Å². The van der Waals surface area contributed by atoms with Crippen LogP contribution in [0.2, 0.25) is 0 Å². The zero-order valence-electron chi connectivity index (χ0n) is 15.8. The minimum Gasteiger partial charge on any atom is -0.309 e. The van der Waals surface area contributed by atoms with Gasteiger partial charge in [0.15, 0.2) is 5.03 Å². The summed E-state index contributed by atoms with van der Waals surface area (Å²) < 4.78 is 28.1. The summed E-state index contributed by atoms with van der Waals surface area (Å²) >= 11 is 0. The zero-order chi connectivity index (χ0) is 20.0. The Labute approximate surface area is 169 Å². The molecule has 0 aliphatic rings. The van der Waals surface area contributed by atoms with Crippen molar-refractivity contribution in [3.05, 3.63) is 96.7 Å². The molecule has 0 atom stereocenters. The van der Waals surface area contributed by atoms with E-state index < -0.39 is 9.84 Å². The van der Waals surface area contributed by atoms with Crippen molar-refractivity contribution < 1.29 is 8.42 Å². The Bertz CT molecular complexity index is 1420. The molecule has 0 amide bonds. The van der Waals surface area contributed by atoms with Crippen LogP contribution in [0, 0.1) is 6.92 Å². The fraction of sp³-hybridized carbons (Fsp3) is 0.0417. The van der Waals surface area contributed by atoms with Gasteiger partial charge in [-0.05, 0) is 55.0 Å². The van der Waals surface area contributed by atoms with Gasteiger partial charge in [-0.25, -0.2) is 13.4 Å². The van der Waals surface area contributed by atoms with Crippen LogP contribution in [-0.2, 0) is 9.84 Å². The van der Waals surface area contributed by atoms with E-state index in [4.69, 9.17) is 0 Å². The fourth-order valence-corrected chi connectivity index (χ4v) is 5.13. The topological polar surface area (TPSA) is 52.0 Å². The van der Waals surface area contributed by atoms with Gasteiger partial charge in [0.05, 0.1) is 15.9 Å². The molecule has 0 N–H and O–H groups in total. The molecule has 2 heterocycles. The van der Waals surface area contributed by atoms with Crippen molar-refractivity contribution in [1.29, 1.82) is 0 Å². The van der Waals surface area contributed by atoms with Crippen molar-refractivity contribution in [3.63, 3.8) is 0 Å². The molecule has 5 rings (SSSR count). The van der Waals surface area contributed by atoms with Crippen LogP contribution in [0.3, 0.4) is 0 Å². The molecule has 3 aromatic carbocycles. The standard InChI is InChI=1S/C24H18N2O2S/c1-17-16-18(29(27,28)24-12-6-7-15-25-24)13-14-21(17)26-22-10-4-2-8-19(22)20-9-3-5-11-23(20)26/h2-16H,1H3. The van der Waals surface area contributed by atoms with Gasteiger partial charge < -0.3 is 4.57 Å². The van der Waals surface area contributed by atoms with Gasteiger partial charge in [-0.2, -0.15) is 0 Å². The molecule has 0 aliphatic carbocycles. The first-order valence-corrected chi connectivity index (χ1v) is 10.8. The van der Waals surface area contributed by atoms with Crippen molar-refractivity contribution in [2.24, 2.45) is 0 Å². The highest BCUT2D eigenvalue weighted by atomic mass is 32.2. The van der Waals surface area contributed by atoms with Crippen molar-refractivity contribution in [1.82, 2.24) is 9.55 Å². The summed E-state index contributed by atoms with van der Waals surface area (Å²) in [7, 11) is -3.65. The molecule has 0 radical (unpaired) electrons. The minimum absolute atomic E-state index is 0.0593. The van der Waals surface area contributed by atoms with E-state index in [0.29, 0.717) is 0 Å². The highest BCUT2D eigenvalue weighted by Gasteiger charge is 2.20. The van der Waals surface area contributed by atoms with E-state index >= 15 is 0 Å². The summed E-state index contributed by atoms with van der Waals surface area (Å²) in [6.07, 6.45) is 1.49. The molecular weight excluding hydrogens is 380 g/mol. The first-order valence-electron chi connectivity index (χ1n) is 9.33. The highest BCUT2D eigenvalue weighted by Crippen LogP contribution is 2.33. The molecule has 142 valence electrons. The number of sulfone groups is 1. The second-order valence-corrected chi connectivity index (χ2v) is 8.89. The van der Waals surface area contributed by atoms with Crippen molar-refractivity contribution in [2.75, 3.05) is 0 Å². The molecule has 0 bridgehead atoms. The lowest BCUT2D eigenvalue weighted by Gasteiger charge is -2.13. The van der Waals surface area contributed by atoms with E-state index in [9.17, 15) is 8.42 Å². The maximum atomic E-state index is 12.9. The molecule has 5 heteroatoms. The summed E-state index contributed by atoms with van der Waals surface area (Å²) in [5.41, 5.74) is 4.03. The molecule has 4 nitrogen and oxygen atoms in total. The van der Waals surface area contributed by atoms with Crippen molar-refractivity contribution >= 4 is 31.6 Å². The maximum Gasteiger partial charge on any atom is 0.223 e. The first kappa shape index (κ1) is 17.6. The Morgan fingerprint density at radius 3 is 1.97 bits per heavy atom. The van der Waals surface area contributed by atoms with Crippen LogP contribution in [0.15, 0.2) is 101 Å². The number of aryl methyl sites for hydroxylation is 1. The zero-order valence-corrected chi connectivity index (χ0v) is 16.6. The predicted molar refractivity (Wildman–Crippen MR) is 115 cm³/mol. The van der Waals surface area contributed by atoms with Crippen LogP contribution in [0.5, 0.6) is 0 Å². The third-order valence-corrected chi connectivity index (χ3v) is 6.88. The molecule has 0 spiro atoms. The van der Waals surface area contributed by atoms with Gasteiger partial charge in [0.25, 0.3) is 0 Å². The van der Waals surface area contributed by atoms with Gasteiger partial charge in [0, 0.05) is 22.7 Å². The van der Waals surface area contributed by atoms with Crippen LogP contribution in [0.4, 0.5) is 0 Å². The summed E-state index contributed by atoms with van der Waals surface area (Å²) in [5.74, 6) is 0. The number of benzene rings is 3. The Kier molecular flexibility index (Phi) is 4.00. The van der Waals surface area contributed by atoms with E-state index in [1.165, 1.54) is 23.0 Å². The number of pyridine rings is 1. The molecule has 0 unspecified atom stereocenters. The number of para-hydroxylation sites is 2. The fourth-order valence-electron chi connectivity index (χ4n) is 3.85. The molecule has 0 aliphatic heterocycles. The van der Waals surface area contributed by atoms with Gasteiger partial charge in [-0.3, -0.25) is 0 Å². The molecule has 5 aromatic rings. The Balaban J connectivity index is 1.73. The summed E-state index contributed by atoms with van der Waals surface area (Å²) in [5, 5.41) is 2.41. The highest BCUT2D eigenvalue weighted by molar-refractivity contribution is 7.91. The maximum absolute atomic E-state index is 12.9. The largest absolute Gasteiger partial charge is 0.309 e. The average molecular weight is 398 g/mol. The van der Waals surface area contributed by atoms with Crippen LogP contribution in [0.25, 0.3) is 27.5 Å². The van der Waals surface area contributed by atoms with Crippen molar-refractivity contribution in [3.8, 4) is 5.69 Å². The van der Waals surface area contributed by atoms with Crippen molar-refractivity contribution in [2.45, 2.75) is 16.8 Å². The van der Waals surface area contributed by atoms with Crippen LogP contribution >= 0.6 is 0 Å². The molecular formula is C24H18N2O2S. The molecule has 0 saturated carbocycles. The lowest BCUT2D eigenvalue weighted by molar-refractivity contribution is 0.592. The Morgan fingerprint density at radius 2 is 1.38 bits per heavy atom. The molecule has 0 saturated heterocycles. The lowest BCUT2D eigenvalue weighted by atomic mass is 10.2. The first-order chi connectivity index (χ1) is 14.1. The van der Waals surface area contributed by atoms with E-state index in [1.54, 1.807) is 24.3 Å². The molecule has 29 heavy (non-hydrogen) atoms. The third kappa shape index (κ3) is 2.74. The van der Waals surface area contributed by atoms with Gasteiger partial charge in [-0.15, -0.1) is 0 Å². The predicted octanol–water partition coefficient (Wildman–Crippen LogP) is 5.32. The Hall–Kier alpha value is -3.44. The van der Waals surface area contributed by atoms with E-state index in [2.05, 4.69) is 33.8 Å². The summed E-state index contributed by atoms with van der Waals surface area (Å²) in [4.78, 5) is 4.27. The number of hydrogen-bond donors (Lipinski definition) is 0. The van der Waals surface area contributed by atoms with E-state index in [-0.39, 0.29) is 9.92 Å². The smallest absolute Gasteiger partial charge is 0.223 e. The van der Waals surface area contributed by atoms with E-state index in [1.807, 2.05) is 37.3 Å². The second kappa shape index (κ2) is 6.57. The van der Waals surface area contributed by atoms with Gasteiger partial charge >= 0.3 is 0 Å². The quantitative estimate of drug-likeness (QED) is 0.413. The summed E-state index contributed by atoms with van der Waals surface area (Å²) in [6.45, 7) is 1.94. The van der Waals surface area contributed by atoms with Gasteiger partial charge in [-0.1, -0.05) is 42.5 Å². The normalized spacial score (nSPS) is 11.9. The SMILES string of the molecule is Cc1cc(S(=O)(=O)c2ccccn2)ccc1-n1c2ccccc2c2ccccc21. The number of fused-ring (bicyclic) bond motifs is 3. The third-order valence-electron chi connectivity index (χ3n) is 5.21. The number of nitrogens with zero attached hydrogens (tertiary/aromatic N) is 2. The Morgan fingerprint density at radius 1 is 0.759 bits per heavy atom. The monoisotopic (exact) mass is 398 g/mol.